The van der Waals surface area contributed by atoms with Gasteiger partial charge in [0, 0.05) is 61.4 Å². The molecule has 1 fully saturated rings. The van der Waals surface area contributed by atoms with Gasteiger partial charge >= 0.3 is 0 Å². The lowest BCUT2D eigenvalue weighted by Crippen LogP contribution is -2.54. The molecule has 2 atom stereocenters. The molecule has 11 nitrogen and oxygen atoms in total. The summed E-state index contributed by atoms with van der Waals surface area (Å²) in [7, 11) is 2.04. The molecule has 4 aromatic heterocycles. The van der Waals surface area contributed by atoms with Gasteiger partial charge in [-0.1, -0.05) is 12.1 Å². The molecule has 5 heterocycles. The van der Waals surface area contributed by atoms with E-state index in [4.69, 9.17) is 4.98 Å². The number of anilines is 3. The molecule has 3 N–H and O–H groups in total. The van der Waals surface area contributed by atoms with Crippen LogP contribution in [0.4, 0.5) is 17.3 Å². The first-order valence-electron chi connectivity index (χ1n) is 14.2. The van der Waals surface area contributed by atoms with Crippen molar-refractivity contribution in [2.75, 3.05) is 23.3 Å². The Hall–Kier alpha value is -4.48. The number of aryl methyl sites for hydroxylation is 1. The SMILES string of the molecule is C=CCn1c(=O)c2cnc(Nc3cc(N4C[C@@H](C)N[C@@H](C)C4)c4ccn(C)c4c3)nc2n1-c1cccc(C(C)(C)O)n1. The molecule has 6 rings (SSSR count). The Bertz CT molecular complexity index is 1850. The van der Waals surface area contributed by atoms with Gasteiger partial charge in [0.25, 0.3) is 5.56 Å². The maximum atomic E-state index is 13.4. The van der Waals surface area contributed by atoms with E-state index in [-0.39, 0.29) is 12.1 Å². The molecular weight excluding hydrogens is 530 g/mol. The number of aromatic nitrogens is 6. The number of benzene rings is 1. The molecule has 0 spiro atoms. The minimum Gasteiger partial charge on any atom is -0.384 e. The molecule has 11 heteroatoms. The molecule has 0 aliphatic carbocycles. The lowest BCUT2D eigenvalue weighted by atomic mass is 10.1. The highest BCUT2D eigenvalue weighted by atomic mass is 16.3. The van der Waals surface area contributed by atoms with E-state index in [1.165, 1.54) is 10.1 Å². The van der Waals surface area contributed by atoms with Crippen molar-refractivity contribution < 1.29 is 5.11 Å². The zero-order valence-electron chi connectivity index (χ0n) is 24.7. The standard InChI is InChI=1S/C31H37N9O2/c1-7-12-39-29(41)23-16-32-30(36-28(23)40(39)27-10-8-9-26(35-27)31(4,5)42)34-21-14-24-22(11-13-37(24)6)25(15-21)38-17-19(2)33-20(3)18-38/h7-11,13-16,19-20,33,42H,1,12,17-18H2,2-6H3,(H,32,34,36)/t19-,20+. The smallest absolute Gasteiger partial charge is 0.278 e. The third kappa shape index (κ3) is 4.94. The van der Waals surface area contributed by atoms with Crippen molar-refractivity contribution in [3.8, 4) is 5.82 Å². The van der Waals surface area contributed by atoms with E-state index in [2.05, 4.69) is 74.9 Å². The molecule has 42 heavy (non-hydrogen) atoms. The summed E-state index contributed by atoms with van der Waals surface area (Å²) in [6.45, 7) is 13.6. The van der Waals surface area contributed by atoms with Gasteiger partial charge in [0.15, 0.2) is 11.5 Å². The molecule has 1 saturated heterocycles. The first-order chi connectivity index (χ1) is 20.0. The Morgan fingerprint density at radius 1 is 1.14 bits per heavy atom. The van der Waals surface area contributed by atoms with Crippen LogP contribution in [0.15, 0.2) is 66.2 Å². The Balaban J connectivity index is 1.46. The summed E-state index contributed by atoms with van der Waals surface area (Å²) < 4.78 is 5.29. The van der Waals surface area contributed by atoms with Crippen LogP contribution in [0.5, 0.6) is 0 Å². The Kier molecular flexibility index (Phi) is 6.86. The summed E-state index contributed by atoms with van der Waals surface area (Å²) >= 11 is 0. The average Bonchev–Trinajstić information content (AvgIpc) is 3.44. The van der Waals surface area contributed by atoms with Gasteiger partial charge in [0.1, 0.15) is 11.0 Å². The number of nitrogens with one attached hydrogen (secondary N) is 2. The molecule has 5 aromatic rings. The normalized spacial score (nSPS) is 17.7. The molecule has 0 saturated carbocycles. The minimum absolute atomic E-state index is 0.249. The number of piperazine rings is 1. The van der Waals surface area contributed by atoms with Gasteiger partial charge in [-0.2, -0.15) is 4.98 Å². The molecule has 0 unspecified atom stereocenters. The van der Waals surface area contributed by atoms with E-state index in [1.807, 2.05) is 7.05 Å². The lowest BCUT2D eigenvalue weighted by molar-refractivity contribution is 0.0738. The summed E-state index contributed by atoms with van der Waals surface area (Å²) in [5, 5.41) is 19.1. The van der Waals surface area contributed by atoms with E-state index in [9.17, 15) is 9.90 Å². The zero-order valence-corrected chi connectivity index (χ0v) is 24.7. The van der Waals surface area contributed by atoms with Crippen LogP contribution in [0, 0.1) is 0 Å². The first kappa shape index (κ1) is 27.7. The van der Waals surface area contributed by atoms with Crippen LogP contribution in [-0.2, 0) is 19.2 Å². The second kappa shape index (κ2) is 10.4. The number of hydrogen-bond donors (Lipinski definition) is 3. The largest absolute Gasteiger partial charge is 0.384 e. The molecular formula is C31H37N9O2. The number of hydrogen-bond acceptors (Lipinski definition) is 8. The Morgan fingerprint density at radius 3 is 2.62 bits per heavy atom. The first-order valence-corrected chi connectivity index (χ1v) is 14.2. The van der Waals surface area contributed by atoms with E-state index in [0.717, 1.165) is 30.0 Å². The quantitative estimate of drug-likeness (QED) is 0.254. The van der Waals surface area contributed by atoms with Crippen molar-refractivity contribution in [3.63, 3.8) is 0 Å². The van der Waals surface area contributed by atoms with Crippen LogP contribution >= 0.6 is 0 Å². The van der Waals surface area contributed by atoms with Crippen molar-refractivity contribution in [1.82, 2.24) is 34.2 Å². The number of pyridine rings is 1. The maximum absolute atomic E-state index is 13.4. The van der Waals surface area contributed by atoms with Crippen molar-refractivity contribution in [1.29, 1.82) is 0 Å². The fourth-order valence-corrected chi connectivity index (χ4v) is 5.83. The predicted octanol–water partition coefficient (Wildman–Crippen LogP) is 3.81. The van der Waals surface area contributed by atoms with E-state index >= 15 is 0 Å². The molecule has 0 radical (unpaired) electrons. The van der Waals surface area contributed by atoms with E-state index in [1.54, 1.807) is 49.0 Å². The highest BCUT2D eigenvalue weighted by molar-refractivity contribution is 5.96. The topological polar surface area (TPSA) is 118 Å². The fourth-order valence-electron chi connectivity index (χ4n) is 5.83. The molecule has 1 aromatic carbocycles. The molecule has 0 bridgehead atoms. The highest BCUT2D eigenvalue weighted by Gasteiger charge is 2.25. The van der Waals surface area contributed by atoms with E-state index < -0.39 is 5.60 Å². The van der Waals surface area contributed by atoms with Gasteiger partial charge in [-0.05, 0) is 58.0 Å². The third-order valence-electron chi connectivity index (χ3n) is 7.69. The van der Waals surface area contributed by atoms with Gasteiger partial charge in [-0.25, -0.2) is 19.3 Å². The number of nitrogens with zero attached hydrogens (tertiary/aromatic N) is 7. The zero-order chi connectivity index (χ0) is 29.8. The van der Waals surface area contributed by atoms with Crippen molar-refractivity contribution in [2.24, 2.45) is 7.05 Å². The Labute approximate surface area is 244 Å². The molecule has 218 valence electrons. The van der Waals surface area contributed by atoms with Gasteiger partial charge in [0.05, 0.1) is 17.8 Å². The summed E-state index contributed by atoms with van der Waals surface area (Å²) in [6.07, 6.45) is 5.27. The van der Waals surface area contributed by atoms with Gasteiger partial charge in [-0.15, -0.1) is 6.58 Å². The predicted molar refractivity (Wildman–Crippen MR) is 167 cm³/mol. The molecule has 0 amide bonds. The molecule has 1 aliphatic rings. The van der Waals surface area contributed by atoms with Crippen molar-refractivity contribution in [2.45, 2.75) is 51.9 Å². The van der Waals surface area contributed by atoms with Gasteiger partial charge in [0.2, 0.25) is 5.95 Å². The second-order valence-electron chi connectivity index (χ2n) is 11.7. The second-order valence-corrected chi connectivity index (χ2v) is 11.7. The fraction of sp³-hybridized carbons (Fsp3) is 0.355. The maximum Gasteiger partial charge on any atom is 0.278 e. The molecule has 1 aliphatic heterocycles. The van der Waals surface area contributed by atoms with Crippen LogP contribution in [0.3, 0.4) is 0 Å². The van der Waals surface area contributed by atoms with Gasteiger partial charge < -0.3 is 25.2 Å². The number of fused-ring (bicyclic) bond motifs is 2. The average molecular weight is 568 g/mol. The number of aliphatic hydroxyl groups is 1. The highest BCUT2D eigenvalue weighted by Crippen LogP contribution is 2.34. The third-order valence-corrected chi connectivity index (χ3v) is 7.69. The Morgan fingerprint density at radius 2 is 1.90 bits per heavy atom. The summed E-state index contributed by atoms with van der Waals surface area (Å²) in [6, 6.07) is 12.5. The summed E-state index contributed by atoms with van der Waals surface area (Å²) in [5.74, 6) is 0.815. The van der Waals surface area contributed by atoms with Crippen LogP contribution in [0.1, 0.15) is 33.4 Å². The lowest BCUT2D eigenvalue weighted by Gasteiger charge is -2.38. The van der Waals surface area contributed by atoms with Crippen LogP contribution in [-0.4, -0.2) is 59.2 Å². The van der Waals surface area contributed by atoms with Crippen LogP contribution in [0.2, 0.25) is 0 Å². The minimum atomic E-state index is -1.16. The van der Waals surface area contributed by atoms with E-state index in [0.29, 0.717) is 40.6 Å². The van der Waals surface area contributed by atoms with Crippen LogP contribution < -0.4 is 21.1 Å². The summed E-state index contributed by atoms with van der Waals surface area (Å²) in [5.41, 5.74) is 2.57. The van der Waals surface area contributed by atoms with Crippen LogP contribution in [0.25, 0.3) is 27.8 Å². The van der Waals surface area contributed by atoms with Crippen molar-refractivity contribution in [3.05, 3.63) is 77.5 Å². The number of allylic oxidation sites excluding steroid dienone is 1. The number of rotatable bonds is 7. The monoisotopic (exact) mass is 567 g/mol. The van der Waals surface area contributed by atoms with Gasteiger partial charge in [-0.3, -0.25) is 4.79 Å². The van der Waals surface area contributed by atoms with Crippen molar-refractivity contribution >= 4 is 39.3 Å². The summed E-state index contributed by atoms with van der Waals surface area (Å²) in [4.78, 5) is 29.8.